The predicted molar refractivity (Wildman–Crippen MR) is 114 cm³/mol. The lowest BCUT2D eigenvalue weighted by Crippen LogP contribution is -2.40. The maximum absolute atomic E-state index is 13.0. The molecule has 2 aromatic rings. The molecule has 0 spiro atoms. The van der Waals surface area contributed by atoms with Crippen molar-refractivity contribution in [3.05, 3.63) is 36.7 Å². The first-order valence-corrected chi connectivity index (χ1v) is 10.4. The summed E-state index contributed by atoms with van der Waals surface area (Å²) < 4.78 is 39.0. The number of amides is 2. The highest BCUT2D eigenvalue weighted by atomic mass is 19.4. The number of nitrogens with one attached hydrogen (secondary N) is 1. The van der Waals surface area contributed by atoms with E-state index in [1.54, 1.807) is 29.4 Å². The first-order chi connectivity index (χ1) is 14.8. The Bertz CT molecular complexity index is 915. The van der Waals surface area contributed by atoms with Gasteiger partial charge < -0.3 is 15.1 Å². The maximum atomic E-state index is 13.0. The molecule has 0 aliphatic carbocycles. The van der Waals surface area contributed by atoms with Crippen LogP contribution in [0.5, 0.6) is 0 Å². The van der Waals surface area contributed by atoms with Crippen molar-refractivity contribution in [1.82, 2.24) is 9.97 Å². The number of carbonyl (C=O) groups excluding carboxylic acids is 1. The number of anilines is 4. The van der Waals surface area contributed by atoms with E-state index in [4.69, 9.17) is 4.98 Å². The molecule has 1 fully saturated rings. The number of alkyl halides is 3. The average Bonchev–Trinajstić information content (AvgIpc) is 2.92. The van der Waals surface area contributed by atoms with Crippen molar-refractivity contribution in [3.8, 4) is 0 Å². The molecule has 7 nitrogen and oxygen atoms in total. The number of aromatic nitrogens is 2. The van der Waals surface area contributed by atoms with Gasteiger partial charge in [-0.1, -0.05) is 0 Å². The summed E-state index contributed by atoms with van der Waals surface area (Å²) in [4.78, 5) is 27.3. The molecule has 2 aliphatic rings. The third-order valence-electron chi connectivity index (χ3n) is 5.82. The first-order valence-electron chi connectivity index (χ1n) is 10.4. The lowest BCUT2D eigenvalue weighted by atomic mass is 9.96. The molecule has 0 atom stereocenters. The number of nitrogens with zero attached hydrogens (tertiary/aromatic N) is 5. The van der Waals surface area contributed by atoms with Crippen LogP contribution in [0.15, 0.2) is 36.7 Å². The lowest BCUT2D eigenvalue weighted by Gasteiger charge is -2.34. The van der Waals surface area contributed by atoms with Crippen molar-refractivity contribution in [2.24, 2.45) is 5.92 Å². The second kappa shape index (κ2) is 8.60. The smallest absolute Gasteiger partial charge is 0.372 e. The minimum Gasteiger partial charge on any atom is -0.372 e. The van der Waals surface area contributed by atoms with Gasteiger partial charge in [0.05, 0.1) is 23.5 Å². The first kappa shape index (κ1) is 21.2. The fourth-order valence-corrected chi connectivity index (χ4v) is 4.06. The van der Waals surface area contributed by atoms with Gasteiger partial charge >= 0.3 is 12.2 Å². The normalized spacial score (nSPS) is 17.9. The van der Waals surface area contributed by atoms with Crippen LogP contribution in [0.3, 0.4) is 0 Å². The Morgan fingerprint density at radius 3 is 2.58 bits per heavy atom. The van der Waals surface area contributed by atoms with Crippen LogP contribution in [-0.2, 0) is 0 Å². The second-order valence-electron chi connectivity index (χ2n) is 7.91. The molecule has 0 aromatic carbocycles. The third-order valence-corrected chi connectivity index (χ3v) is 5.82. The van der Waals surface area contributed by atoms with Crippen LogP contribution in [-0.4, -0.2) is 55.4 Å². The Morgan fingerprint density at radius 2 is 1.90 bits per heavy atom. The zero-order valence-corrected chi connectivity index (χ0v) is 17.3. The molecule has 1 N–H and O–H groups in total. The molecule has 0 bridgehead atoms. The van der Waals surface area contributed by atoms with E-state index in [2.05, 4.69) is 10.3 Å². The summed E-state index contributed by atoms with van der Waals surface area (Å²) in [5, 5.41) is 2.84. The summed E-state index contributed by atoms with van der Waals surface area (Å²) in [7, 11) is 1.94. The Morgan fingerprint density at radius 1 is 1.13 bits per heavy atom. The fourth-order valence-electron chi connectivity index (χ4n) is 4.06. The molecule has 31 heavy (non-hydrogen) atoms. The largest absolute Gasteiger partial charge is 0.391 e. The van der Waals surface area contributed by atoms with E-state index in [1.165, 1.54) is 0 Å². The molecule has 4 heterocycles. The van der Waals surface area contributed by atoms with Crippen molar-refractivity contribution < 1.29 is 18.0 Å². The molecule has 1 saturated heterocycles. The molecule has 0 unspecified atom stereocenters. The van der Waals surface area contributed by atoms with E-state index >= 15 is 0 Å². The standard InChI is InChI=1S/C21H25F3N6O/c1-28-10-3-11-30(20(31)26-16-4-2-9-25-14-16)19-17(28)5-6-18(27-19)29-12-7-15(8-13-29)21(22,23)24/h2,4-6,9,14-15H,3,7-8,10-13H2,1H3,(H,26,31). The van der Waals surface area contributed by atoms with E-state index in [0.717, 1.165) is 18.7 Å². The summed E-state index contributed by atoms with van der Waals surface area (Å²) in [6.07, 6.45) is -0.101. The Labute approximate surface area is 178 Å². The highest BCUT2D eigenvalue weighted by Crippen LogP contribution is 2.37. The van der Waals surface area contributed by atoms with Crippen LogP contribution in [0, 0.1) is 5.92 Å². The minimum absolute atomic E-state index is 0.0490. The lowest BCUT2D eigenvalue weighted by molar-refractivity contribution is -0.179. The molecule has 0 saturated carbocycles. The Hall–Kier alpha value is -3.04. The van der Waals surface area contributed by atoms with Gasteiger partial charge in [0.15, 0.2) is 5.82 Å². The number of urea groups is 1. The van der Waals surface area contributed by atoms with Gasteiger partial charge in [0.2, 0.25) is 0 Å². The maximum Gasteiger partial charge on any atom is 0.391 e. The van der Waals surface area contributed by atoms with Gasteiger partial charge in [-0.25, -0.2) is 9.78 Å². The number of hydrogen-bond donors (Lipinski definition) is 1. The van der Waals surface area contributed by atoms with Crippen molar-refractivity contribution in [1.29, 1.82) is 0 Å². The second-order valence-corrected chi connectivity index (χ2v) is 7.91. The summed E-state index contributed by atoms with van der Waals surface area (Å²) in [6, 6.07) is 6.89. The summed E-state index contributed by atoms with van der Waals surface area (Å²) in [5.74, 6) is -0.164. The van der Waals surface area contributed by atoms with Crippen molar-refractivity contribution >= 4 is 29.0 Å². The molecule has 0 radical (unpaired) electrons. The molecule has 10 heteroatoms. The van der Waals surface area contributed by atoms with E-state index in [0.29, 0.717) is 23.9 Å². The summed E-state index contributed by atoms with van der Waals surface area (Å²) >= 11 is 0. The van der Waals surface area contributed by atoms with Crippen molar-refractivity contribution in [2.75, 3.05) is 53.2 Å². The quantitative estimate of drug-likeness (QED) is 0.770. The number of hydrogen-bond acceptors (Lipinski definition) is 5. The Balaban J connectivity index is 1.58. The van der Waals surface area contributed by atoms with Crippen LogP contribution >= 0.6 is 0 Å². The van der Waals surface area contributed by atoms with Gasteiger partial charge in [0.1, 0.15) is 5.82 Å². The van der Waals surface area contributed by atoms with E-state index in [-0.39, 0.29) is 32.0 Å². The fraction of sp³-hybridized carbons (Fsp3) is 0.476. The van der Waals surface area contributed by atoms with Gasteiger partial charge in [-0.15, -0.1) is 0 Å². The monoisotopic (exact) mass is 434 g/mol. The number of rotatable bonds is 2. The topological polar surface area (TPSA) is 64.6 Å². The molecule has 4 rings (SSSR count). The van der Waals surface area contributed by atoms with E-state index in [1.807, 2.05) is 29.0 Å². The van der Waals surface area contributed by atoms with Gasteiger partial charge in [0.25, 0.3) is 0 Å². The van der Waals surface area contributed by atoms with E-state index < -0.39 is 12.1 Å². The van der Waals surface area contributed by atoms with Gasteiger partial charge in [0, 0.05) is 39.4 Å². The van der Waals surface area contributed by atoms with Crippen molar-refractivity contribution in [2.45, 2.75) is 25.4 Å². The summed E-state index contributed by atoms with van der Waals surface area (Å²) in [5.41, 5.74) is 1.39. The third kappa shape index (κ3) is 4.67. The van der Waals surface area contributed by atoms with Crippen LogP contribution in [0.25, 0.3) is 0 Å². The SMILES string of the molecule is CN1CCCN(C(=O)Nc2cccnc2)c2nc(N3CCC(C(F)(F)F)CC3)ccc21. The van der Waals surface area contributed by atoms with Crippen LogP contribution in [0.4, 0.5) is 41.0 Å². The number of pyridine rings is 2. The van der Waals surface area contributed by atoms with Crippen LogP contribution < -0.4 is 20.0 Å². The van der Waals surface area contributed by atoms with Gasteiger partial charge in [-0.3, -0.25) is 9.88 Å². The van der Waals surface area contributed by atoms with Crippen LogP contribution in [0.2, 0.25) is 0 Å². The Kier molecular flexibility index (Phi) is 5.88. The number of halogens is 3. The zero-order valence-electron chi connectivity index (χ0n) is 17.3. The van der Waals surface area contributed by atoms with E-state index in [9.17, 15) is 18.0 Å². The highest BCUT2D eigenvalue weighted by Gasteiger charge is 2.41. The van der Waals surface area contributed by atoms with Crippen LogP contribution in [0.1, 0.15) is 19.3 Å². The summed E-state index contributed by atoms with van der Waals surface area (Å²) in [6.45, 7) is 1.82. The van der Waals surface area contributed by atoms with Gasteiger partial charge in [-0.2, -0.15) is 13.2 Å². The molecule has 2 aromatic heterocycles. The highest BCUT2D eigenvalue weighted by molar-refractivity contribution is 6.03. The van der Waals surface area contributed by atoms with Gasteiger partial charge in [-0.05, 0) is 43.5 Å². The number of fused-ring (bicyclic) bond motifs is 1. The molecular formula is C21H25F3N6O. The molecule has 2 amide bonds. The minimum atomic E-state index is -4.16. The molecule has 166 valence electrons. The zero-order chi connectivity index (χ0) is 22.0. The number of piperidine rings is 1. The average molecular weight is 434 g/mol. The molecule has 2 aliphatic heterocycles. The van der Waals surface area contributed by atoms with Crippen molar-refractivity contribution in [3.63, 3.8) is 0 Å². The molecular weight excluding hydrogens is 409 g/mol. The number of carbonyl (C=O) groups is 1. The predicted octanol–water partition coefficient (Wildman–Crippen LogP) is 4.13.